The molecule has 4 nitrogen and oxygen atoms in total. The monoisotopic (exact) mass is 367 g/mol. The summed E-state index contributed by atoms with van der Waals surface area (Å²) >= 11 is 0. The average molecular weight is 368 g/mol. The highest BCUT2D eigenvalue weighted by Crippen LogP contribution is 2.38. The first-order valence-corrected chi connectivity index (χ1v) is 10.1. The summed E-state index contributed by atoms with van der Waals surface area (Å²) in [5.41, 5.74) is 1.52. The normalized spacial score (nSPS) is 15.7. The van der Waals surface area contributed by atoms with Gasteiger partial charge in [-0.05, 0) is 17.5 Å². The van der Waals surface area contributed by atoms with Crippen molar-refractivity contribution in [2.75, 3.05) is 39.3 Å². The van der Waals surface area contributed by atoms with Crippen LogP contribution in [0.25, 0.3) is 0 Å². The van der Waals surface area contributed by atoms with Gasteiger partial charge in [-0.3, -0.25) is 4.79 Å². The van der Waals surface area contributed by atoms with Crippen LogP contribution in [0.4, 0.5) is 0 Å². The van der Waals surface area contributed by atoms with Crippen LogP contribution in [0.5, 0.6) is 0 Å². The molecule has 0 saturated carbocycles. The lowest BCUT2D eigenvalue weighted by Crippen LogP contribution is -3.15. The molecular formula is C23H31N2O2+. The van der Waals surface area contributed by atoms with E-state index in [2.05, 4.69) is 31.2 Å². The minimum atomic E-state index is -0.633. The summed E-state index contributed by atoms with van der Waals surface area (Å²) in [6.45, 7) is 6.42. The average Bonchev–Trinajstić information content (AvgIpc) is 2.74. The number of rotatable bonds is 7. The number of nitrogens with one attached hydrogen (secondary N) is 1. The second-order valence-corrected chi connectivity index (χ2v) is 7.40. The summed E-state index contributed by atoms with van der Waals surface area (Å²) < 4.78 is 0. The van der Waals surface area contributed by atoms with Crippen LogP contribution in [-0.2, 0) is 10.2 Å². The minimum Gasteiger partial charge on any atom is -0.391 e. The fourth-order valence-electron chi connectivity index (χ4n) is 4.33. The standard InChI is InChI=1S/C23H30N2O2/c1-2-13-23(20-9-5-3-6-10-20,21-11-7-4-8-12-21)22(27)25-16-14-24(15-17-25)18-19-26/h3-12,26H,2,13-19H2,1H3/p+1. The Morgan fingerprint density at radius 3 is 1.96 bits per heavy atom. The van der Waals surface area contributed by atoms with Gasteiger partial charge < -0.3 is 14.9 Å². The molecule has 0 spiro atoms. The molecule has 144 valence electrons. The summed E-state index contributed by atoms with van der Waals surface area (Å²) in [5, 5.41) is 9.19. The molecule has 1 heterocycles. The van der Waals surface area contributed by atoms with Crippen LogP contribution in [0.3, 0.4) is 0 Å². The van der Waals surface area contributed by atoms with E-state index >= 15 is 0 Å². The van der Waals surface area contributed by atoms with E-state index in [9.17, 15) is 9.90 Å². The Hall–Kier alpha value is -2.17. The maximum Gasteiger partial charge on any atom is 0.238 e. The van der Waals surface area contributed by atoms with E-state index in [-0.39, 0.29) is 12.5 Å². The molecule has 2 aromatic rings. The Kier molecular flexibility index (Phi) is 6.64. The van der Waals surface area contributed by atoms with Crippen LogP contribution in [0.15, 0.2) is 60.7 Å². The molecule has 0 bridgehead atoms. The van der Waals surface area contributed by atoms with Crippen LogP contribution in [0.1, 0.15) is 30.9 Å². The topological polar surface area (TPSA) is 45.0 Å². The molecule has 1 saturated heterocycles. The van der Waals surface area contributed by atoms with E-state index in [1.165, 1.54) is 4.90 Å². The first-order valence-electron chi connectivity index (χ1n) is 10.1. The van der Waals surface area contributed by atoms with Gasteiger partial charge in [-0.25, -0.2) is 0 Å². The van der Waals surface area contributed by atoms with Gasteiger partial charge in [-0.15, -0.1) is 0 Å². The van der Waals surface area contributed by atoms with Crippen molar-refractivity contribution in [2.24, 2.45) is 0 Å². The Balaban J connectivity index is 1.98. The molecule has 1 aliphatic heterocycles. The van der Waals surface area contributed by atoms with Crippen molar-refractivity contribution >= 4 is 5.91 Å². The summed E-state index contributed by atoms with van der Waals surface area (Å²) in [6, 6.07) is 20.5. The SMILES string of the molecule is CCCC(C(=O)N1CC[NH+](CCO)CC1)(c1ccccc1)c1ccccc1. The fraction of sp³-hybridized carbons (Fsp3) is 0.435. The Morgan fingerprint density at radius 1 is 1.00 bits per heavy atom. The summed E-state index contributed by atoms with van der Waals surface area (Å²) in [4.78, 5) is 17.4. The summed E-state index contributed by atoms with van der Waals surface area (Å²) in [7, 11) is 0. The molecule has 4 heteroatoms. The molecular weight excluding hydrogens is 336 g/mol. The molecule has 3 rings (SSSR count). The van der Waals surface area contributed by atoms with Crippen molar-refractivity contribution < 1.29 is 14.8 Å². The molecule has 2 N–H and O–H groups in total. The van der Waals surface area contributed by atoms with Gasteiger partial charge in [-0.2, -0.15) is 0 Å². The molecule has 27 heavy (non-hydrogen) atoms. The lowest BCUT2D eigenvalue weighted by molar-refractivity contribution is -0.904. The Labute approximate surface area is 162 Å². The number of aliphatic hydroxyl groups excluding tert-OH is 1. The van der Waals surface area contributed by atoms with Crippen LogP contribution >= 0.6 is 0 Å². The number of piperazine rings is 1. The molecule has 0 aromatic heterocycles. The van der Waals surface area contributed by atoms with E-state index in [1.807, 2.05) is 41.3 Å². The maximum atomic E-state index is 13.9. The molecule has 1 amide bonds. The van der Waals surface area contributed by atoms with Crippen molar-refractivity contribution in [3.63, 3.8) is 0 Å². The predicted molar refractivity (Wildman–Crippen MR) is 108 cm³/mol. The van der Waals surface area contributed by atoms with Gasteiger partial charge in [0.25, 0.3) is 0 Å². The smallest absolute Gasteiger partial charge is 0.238 e. The largest absolute Gasteiger partial charge is 0.391 e. The van der Waals surface area contributed by atoms with Gasteiger partial charge in [0.05, 0.1) is 38.2 Å². The number of aliphatic hydroxyl groups is 1. The third-order valence-electron chi connectivity index (χ3n) is 5.75. The van der Waals surface area contributed by atoms with Crippen molar-refractivity contribution in [3.8, 4) is 0 Å². The van der Waals surface area contributed by atoms with Crippen molar-refractivity contribution in [1.82, 2.24) is 4.90 Å². The molecule has 0 unspecified atom stereocenters. The zero-order chi connectivity index (χ0) is 19.1. The molecule has 0 radical (unpaired) electrons. The van der Waals surface area contributed by atoms with Gasteiger partial charge in [0.1, 0.15) is 6.54 Å². The number of amides is 1. The van der Waals surface area contributed by atoms with Gasteiger partial charge >= 0.3 is 0 Å². The number of nitrogens with zero attached hydrogens (tertiary/aromatic N) is 1. The molecule has 2 aromatic carbocycles. The maximum absolute atomic E-state index is 13.9. The Morgan fingerprint density at radius 2 is 1.52 bits per heavy atom. The van der Waals surface area contributed by atoms with Gasteiger partial charge in [-0.1, -0.05) is 74.0 Å². The number of carbonyl (C=O) groups excluding carboxylic acids is 1. The molecule has 1 aliphatic rings. The highest BCUT2D eigenvalue weighted by Gasteiger charge is 2.44. The van der Waals surface area contributed by atoms with Crippen molar-refractivity contribution in [3.05, 3.63) is 71.8 Å². The van der Waals surface area contributed by atoms with Crippen LogP contribution in [-0.4, -0.2) is 55.2 Å². The molecule has 0 aliphatic carbocycles. The number of hydrogen-bond acceptors (Lipinski definition) is 2. The van der Waals surface area contributed by atoms with Gasteiger partial charge in [0.15, 0.2) is 0 Å². The third kappa shape index (κ3) is 4.07. The van der Waals surface area contributed by atoms with E-state index in [1.54, 1.807) is 0 Å². The number of carbonyl (C=O) groups is 1. The van der Waals surface area contributed by atoms with Gasteiger partial charge in [0.2, 0.25) is 5.91 Å². The van der Waals surface area contributed by atoms with E-state index in [0.29, 0.717) is 0 Å². The van der Waals surface area contributed by atoms with Gasteiger partial charge in [0, 0.05) is 0 Å². The second kappa shape index (κ2) is 9.16. The van der Waals surface area contributed by atoms with E-state index < -0.39 is 5.41 Å². The zero-order valence-electron chi connectivity index (χ0n) is 16.2. The lowest BCUT2D eigenvalue weighted by Gasteiger charge is -2.40. The minimum absolute atomic E-state index is 0.205. The third-order valence-corrected chi connectivity index (χ3v) is 5.75. The zero-order valence-corrected chi connectivity index (χ0v) is 16.2. The van der Waals surface area contributed by atoms with Crippen molar-refractivity contribution in [2.45, 2.75) is 25.2 Å². The van der Waals surface area contributed by atoms with Crippen molar-refractivity contribution in [1.29, 1.82) is 0 Å². The first kappa shape index (κ1) is 19.6. The Bertz CT molecular complexity index is 670. The highest BCUT2D eigenvalue weighted by molar-refractivity contribution is 5.92. The quantitative estimate of drug-likeness (QED) is 0.779. The van der Waals surface area contributed by atoms with Crippen LogP contribution < -0.4 is 4.90 Å². The second-order valence-electron chi connectivity index (χ2n) is 7.40. The number of quaternary nitrogens is 1. The number of benzene rings is 2. The predicted octanol–water partition coefficient (Wildman–Crippen LogP) is 1.49. The first-order chi connectivity index (χ1) is 13.2. The summed E-state index contributed by atoms with van der Waals surface area (Å²) in [6.07, 6.45) is 1.73. The number of hydrogen-bond donors (Lipinski definition) is 2. The van der Waals surface area contributed by atoms with E-state index in [4.69, 9.17) is 0 Å². The van der Waals surface area contributed by atoms with Crippen LogP contribution in [0, 0.1) is 0 Å². The fourth-order valence-corrected chi connectivity index (χ4v) is 4.33. The van der Waals surface area contributed by atoms with E-state index in [0.717, 1.165) is 56.7 Å². The lowest BCUT2D eigenvalue weighted by atomic mass is 9.70. The summed E-state index contributed by atoms with van der Waals surface area (Å²) in [5.74, 6) is 0.213. The van der Waals surface area contributed by atoms with Crippen LogP contribution in [0.2, 0.25) is 0 Å². The molecule has 0 atom stereocenters. The molecule has 1 fully saturated rings. The highest BCUT2D eigenvalue weighted by atomic mass is 16.3.